The van der Waals surface area contributed by atoms with Gasteiger partial charge in [0.15, 0.2) is 5.17 Å². The first-order chi connectivity index (χ1) is 17.4. The Morgan fingerprint density at radius 1 is 1.14 bits per heavy atom. The third-order valence-corrected chi connectivity index (χ3v) is 7.33. The molecular weight excluding hydrogens is 499 g/mol. The molecule has 36 heavy (non-hydrogen) atoms. The first-order valence-electron chi connectivity index (χ1n) is 11.4. The molecule has 1 N–H and O–H groups in total. The molecule has 0 bridgehead atoms. The Bertz CT molecular complexity index is 1380. The number of hydrazone groups is 1. The largest absolute Gasteiger partial charge is 0.326 e. The zero-order valence-corrected chi connectivity index (χ0v) is 20.9. The van der Waals surface area contributed by atoms with Crippen LogP contribution in [0.1, 0.15) is 35.6 Å². The summed E-state index contributed by atoms with van der Waals surface area (Å²) in [6.45, 7) is 1.94. The van der Waals surface area contributed by atoms with Gasteiger partial charge >= 0.3 is 0 Å². The maximum absolute atomic E-state index is 13.5. The summed E-state index contributed by atoms with van der Waals surface area (Å²) in [5.74, 6) is -0.944. The number of hydrogen-bond donors (Lipinski definition) is 1. The molecule has 2 heterocycles. The minimum atomic E-state index is -0.638. The van der Waals surface area contributed by atoms with Crippen LogP contribution < -0.4 is 5.32 Å². The Kier molecular flexibility index (Phi) is 6.89. The molecule has 2 aliphatic heterocycles. The number of nitrogens with zero attached hydrogens (tertiary/aromatic N) is 3. The fourth-order valence-corrected chi connectivity index (χ4v) is 5.34. The van der Waals surface area contributed by atoms with E-state index in [1.165, 1.54) is 23.9 Å². The lowest BCUT2D eigenvalue weighted by molar-refractivity contribution is -0.121. The SMILES string of the molecule is Cc1cccc(NC(=O)C[C@@H]2SC(N3N=C(c4ccc(F)cc4)C[C@@H]3c3ccc(Cl)cc3)=NC2=O)c1. The summed E-state index contributed by atoms with van der Waals surface area (Å²) >= 11 is 7.32. The minimum absolute atomic E-state index is 0.00156. The average Bonchev–Trinajstić information content (AvgIpc) is 3.44. The van der Waals surface area contributed by atoms with Gasteiger partial charge in [0.25, 0.3) is 5.91 Å². The predicted octanol–water partition coefficient (Wildman–Crippen LogP) is 5.97. The molecule has 5 rings (SSSR count). The van der Waals surface area contributed by atoms with Gasteiger partial charge in [0.2, 0.25) is 5.91 Å². The van der Waals surface area contributed by atoms with Gasteiger partial charge in [0.1, 0.15) is 11.1 Å². The number of carbonyl (C=O) groups is 2. The van der Waals surface area contributed by atoms with Crippen molar-refractivity contribution in [1.82, 2.24) is 5.01 Å². The molecule has 2 amide bonds. The van der Waals surface area contributed by atoms with E-state index in [2.05, 4.69) is 10.3 Å². The van der Waals surface area contributed by atoms with E-state index in [4.69, 9.17) is 16.7 Å². The molecule has 0 radical (unpaired) electrons. The molecule has 2 aliphatic rings. The van der Waals surface area contributed by atoms with Gasteiger partial charge in [-0.2, -0.15) is 10.1 Å². The van der Waals surface area contributed by atoms with Crippen LogP contribution in [0.2, 0.25) is 5.02 Å². The first kappa shape index (κ1) is 24.2. The molecule has 0 spiro atoms. The maximum atomic E-state index is 13.5. The second kappa shape index (κ2) is 10.2. The van der Waals surface area contributed by atoms with Crippen LogP contribution in [-0.4, -0.2) is 33.0 Å². The number of amidine groups is 1. The minimum Gasteiger partial charge on any atom is -0.326 e. The van der Waals surface area contributed by atoms with E-state index < -0.39 is 5.25 Å². The summed E-state index contributed by atoms with van der Waals surface area (Å²) < 4.78 is 13.5. The second-order valence-corrected chi connectivity index (χ2v) is 10.2. The van der Waals surface area contributed by atoms with Gasteiger partial charge in [-0.15, -0.1) is 0 Å². The second-order valence-electron chi connectivity index (χ2n) is 8.63. The highest BCUT2D eigenvalue weighted by Gasteiger charge is 2.39. The Hall–Kier alpha value is -3.49. The molecule has 3 aromatic carbocycles. The fourth-order valence-electron chi connectivity index (χ4n) is 4.16. The maximum Gasteiger partial charge on any atom is 0.262 e. The van der Waals surface area contributed by atoms with Gasteiger partial charge in [0.05, 0.1) is 11.8 Å². The standard InChI is InChI=1S/C27H22ClFN4O2S/c1-16-3-2-4-21(13-16)30-25(34)15-24-26(35)31-27(36-24)33-23(18-5-9-19(28)10-6-18)14-22(32-33)17-7-11-20(29)12-8-17/h2-13,23-24H,14-15H2,1H3,(H,30,34)/t23-,24+/m1/s1. The van der Waals surface area contributed by atoms with Crippen LogP contribution in [0.25, 0.3) is 0 Å². The smallest absolute Gasteiger partial charge is 0.262 e. The van der Waals surface area contributed by atoms with E-state index in [9.17, 15) is 14.0 Å². The Labute approximate surface area is 217 Å². The molecule has 3 aromatic rings. The summed E-state index contributed by atoms with van der Waals surface area (Å²) in [7, 11) is 0. The van der Waals surface area contributed by atoms with Gasteiger partial charge < -0.3 is 5.32 Å². The van der Waals surface area contributed by atoms with Crippen molar-refractivity contribution in [3.8, 4) is 0 Å². The number of nitrogens with one attached hydrogen (secondary N) is 1. The van der Waals surface area contributed by atoms with Crippen LogP contribution in [0.15, 0.2) is 82.9 Å². The molecule has 9 heteroatoms. The third-order valence-electron chi connectivity index (χ3n) is 5.94. The van der Waals surface area contributed by atoms with Gasteiger partial charge in [-0.3, -0.25) is 9.59 Å². The van der Waals surface area contributed by atoms with Crippen molar-refractivity contribution in [3.63, 3.8) is 0 Å². The highest BCUT2D eigenvalue weighted by Crippen LogP contribution is 2.39. The van der Waals surface area contributed by atoms with Crippen molar-refractivity contribution < 1.29 is 14.0 Å². The van der Waals surface area contributed by atoms with Crippen molar-refractivity contribution in [2.45, 2.75) is 31.1 Å². The molecule has 6 nitrogen and oxygen atoms in total. The molecule has 0 saturated carbocycles. The Morgan fingerprint density at radius 3 is 2.61 bits per heavy atom. The summed E-state index contributed by atoms with van der Waals surface area (Å²) in [6, 6.07) is 20.9. The van der Waals surface area contributed by atoms with Gasteiger partial charge in [-0.1, -0.05) is 59.8 Å². The van der Waals surface area contributed by atoms with E-state index in [0.29, 0.717) is 22.3 Å². The average molecular weight is 521 g/mol. The van der Waals surface area contributed by atoms with Crippen LogP contribution in [0, 0.1) is 12.7 Å². The number of aryl methyl sites for hydroxylation is 1. The van der Waals surface area contributed by atoms with Gasteiger partial charge in [0, 0.05) is 23.6 Å². The molecule has 0 fully saturated rings. The number of thioether (sulfide) groups is 1. The van der Waals surface area contributed by atoms with Crippen molar-refractivity contribution in [2.24, 2.45) is 10.1 Å². The quantitative estimate of drug-likeness (QED) is 0.450. The number of aliphatic imine (C=N–C) groups is 1. The number of carbonyl (C=O) groups excluding carboxylic acids is 2. The lowest BCUT2D eigenvalue weighted by Crippen LogP contribution is -2.25. The van der Waals surface area contributed by atoms with E-state index >= 15 is 0 Å². The lowest BCUT2D eigenvalue weighted by Gasteiger charge is -2.23. The molecule has 0 saturated heterocycles. The number of benzene rings is 3. The van der Waals surface area contributed by atoms with Crippen molar-refractivity contribution in [1.29, 1.82) is 0 Å². The highest BCUT2D eigenvalue weighted by molar-refractivity contribution is 8.15. The summed E-state index contributed by atoms with van der Waals surface area (Å²) in [6.07, 6.45) is 0.540. The molecule has 0 unspecified atom stereocenters. The summed E-state index contributed by atoms with van der Waals surface area (Å²) in [5, 5.41) is 9.75. The molecule has 2 atom stereocenters. The number of halogens is 2. The first-order valence-corrected chi connectivity index (χ1v) is 12.7. The van der Waals surface area contributed by atoms with Crippen molar-refractivity contribution in [2.75, 3.05) is 5.32 Å². The van der Waals surface area contributed by atoms with Gasteiger partial charge in [-0.25, -0.2) is 9.40 Å². The number of anilines is 1. The summed E-state index contributed by atoms with van der Waals surface area (Å²) in [5.41, 5.74) is 4.22. The van der Waals surface area contributed by atoms with E-state index in [1.54, 1.807) is 29.3 Å². The molecule has 0 aromatic heterocycles. The van der Waals surface area contributed by atoms with E-state index in [0.717, 1.165) is 22.4 Å². The zero-order chi connectivity index (χ0) is 25.2. The molecule has 182 valence electrons. The zero-order valence-electron chi connectivity index (χ0n) is 19.3. The van der Waals surface area contributed by atoms with Gasteiger partial charge in [-0.05, 0) is 60.0 Å². The normalized spacial score (nSPS) is 19.3. The van der Waals surface area contributed by atoms with Crippen LogP contribution in [0.3, 0.4) is 0 Å². The van der Waals surface area contributed by atoms with E-state index in [1.807, 2.05) is 43.3 Å². The number of amides is 2. The Morgan fingerprint density at radius 2 is 1.89 bits per heavy atom. The third kappa shape index (κ3) is 5.34. The topological polar surface area (TPSA) is 74.1 Å². The van der Waals surface area contributed by atoms with Crippen LogP contribution in [0.5, 0.6) is 0 Å². The van der Waals surface area contributed by atoms with Crippen LogP contribution in [0.4, 0.5) is 10.1 Å². The number of rotatable bonds is 5. The number of hydrogen-bond acceptors (Lipinski definition) is 5. The van der Waals surface area contributed by atoms with Crippen LogP contribution in [-0.2, 0) is 9.59 Å². The van der Waals surface area contributed by atoms with Crippen molar-refractivity contribution >= 4 is 51.7 Å². The lowest BCUT2D eigenvalue weighted by atomic mass is 9.99. The molecule has 0 aliphatic carbocycles. The van der Waals surface area contributed by atoms with E-state index in [-0.39, 0.29) is 30.1 Å². The molecular formula is C27H22ClFN4O2S. The Balaban J connectivity index is 1.35. The van der Waals surface area contributed by atoms with Crippen LogP contribution >= 0.6 is 23.4 Å². The fraction of sp³-hybridized carbons (Fsp3) is 0.185. The highest BCUT2D eigenvalue weighted by atomic mass is 35.5. The monoisotopic (exact) mass is 520 g/mol. The predicted molar refractivity (Wildman–Crippen MR) is 142 cm³/mol. The van der Waals surface area contributed by atoms with Crippen molar-refractivity contribution in [3.05, 3.63) is 100 Å². The summed E-state index contributed by atoms with van der Waals surface area (Å²) in [4.78, 5) is 29.6.